The van der Waals surface area contributed by atoms with Crippen molar-refractivity contribution in [1.82, 2.24) is 10.0 Å². The molecule has 0 saturated heterocycles. The zero-order chi connectivity index (χ0) is 24.0. The largest absolute Gasteiger partial charge is 0.354 e. The molecule has 0 unspecified atom stereocenters. The zero-order valence-corrected chi connectivity index (χ0v) is 19.5. The number of carbonyl (C=O) groups excluding carboxylic acids is 2. The number of nitrogens with one attached hydrogen (secondary N) is 3. The second-order valence-electron chi connectivity index (χ2n) is 8.26. The summed E-state index contributed by atoms with van der Waals surface area (Å²) in [5.74, 6) is -0.468. The Hall–Kier alpha value is -3.49. The number of benzene rings is 3. The van der Waals surface area contributed by atoms with Crippen molar-refractivity contribution >= 4 is 27.5 Å². The molecule has 0 aromatic heterocycles. The normalized spacial score (nSPS) is 14.1. The lowest BCUT2D eigenvalue weighted by Gasteiger charge is -2.21. The average Bonchev–Trinajstić information content (AvgIpc) is 2.84. The molecular formula is C26H27N3O4S. The first-order valence-electron chi connectivity index (χ1n) is 11.2. The number of fused-ring (bicyclic) bond motifs is 1. The Morgan fingerprint density at radius 3 is 2.29 bits per heavy atom. The van der Waals surface area contributed by atoms with Crippen molar-refractivity contribution in [2.24, 2.45) is 0 Å². The fraction of sp³-hybridized carbons (Fsp3) is 0.231. The maximum Gasteiger partial charge on any atom is 0.241 e. The molecule has 0 radical (unpaired) electrons. The lowest BCUT2D eigenvalue weighted by molar-refractivity contribution is -0.122. The average molecular weight is 478 g/mol. The monoisotopic (exact) mass is 477 g/mol. The van der Waals surface area contributed by atoms with Crippen molar-refractivity contribution in [1.29, 1.82) is 0 Å². The third-order valence-electron chi connectivity index (χ3n) is 5.73. The number of amides is 2. The molecule has 0 bridgehead atoms. The van der Waals surface area contributed by atoms with Gasteiger partial charge >= 0.3 is 0 Å². The van der Waals surface area contributed by atoms with E-state index in [0.29, 0.717) is 31.5 Å². The number of anilines is 1. The predicted octanol–water partition coefficient (Wildman–Crippen LogP) is 2.82. The summed E-state index contributed by atoms with van der Waals surface area (Å²) < 4.78 is 29.0. The number of hydrogen-bond donors (Lipinski definition) is 3. The highest BCUT2D eigenvalue weighted by molar-refractivity contribution is 7.89. The molecule has 34 heavy (non-hydrogen) atoms. The van der Waals surface area contributed by atoms with Gasteiger partial charge in [-0.2, -0.15) is 4.72 Å². The second kappa shape index (κ2) is 10.6. The summed E-state index contributed by atoms with van der Waals surface area (Å²) in [6.07, 6.45) is 1.65. The van der Waals surface area contributed by atoms with Crippen LogP contribution in [0.5, 0.6) is 0 Å². The number of rotatable bonds is 9. The van der Waals surface area contributed by atoms with E-state index in [2.05, 4.69) is 15.4 Å². The molecule has 0 aliphatic carbocycles. The van der Waals surface area contributed by atoms with Gasteiger partial charge in [-0.15, -0.1) is 0 Å². The van der Waals surface area contributed by atoms with Gasteiger partial charge in [0.1, 0.15) is 6.04 Å². The summed E-state index contributed by atoms with van der Waals surface area (Å²) in [5.41, 5.74) is 3.31. The third-order valence-corrected chi connectivity index (χ3v) is 7.20. The Morgan fingerprint density at radius 1 is 0.912 bits per heavy atom. The van der Waals surface area contributed by atoms with Crippen LogP contribution in [0.3, 0.4) is 0 Å². The van der Waals surface area contributed by atoms with Gasteiger partial charge in [0, 0.05) is 18.7 Å². The highest BCUT2D eigenvalue weighted by atomic mass is 32.2. The second-order valence-corrected chi connectivity index (χ2v) is 9.97. The molecule has 3 N–H and O–H groups in total. The lowest BCUT2D eigenvalue weighted by atomic mass is 10.0. The van der Waals surface area contributed by atoms with Gasteiger partial charge in [-0.25, -0.2) is 8.42 Å². The van der Waals surface area contributed by atoms with Crippen LogP contribution in [0.15, 0.2) is 83.8 Å². The first-order chi connectivity index (χ1) is 16.4. The van der Waals surface area contributed by atoms with Crippen molar-refractivity contribution in [3.8, 4) is 0 Å². The van der Waals surface area contributed by atoms with Crippen molar-refractivity contribution in [2.75, 3.05) is 11.9 Å². The fourth-order valence-electron chi connectivity index (χ4n) is 3.92. The molecule has 4 rings (SSSR count). The van der Waals surface area contributed by atoms with Crippen LogP contribution in [0.2, 0.25) is 0 Å². The summed E-state index contributed by atoms with van der Waals surface area (Å²) >= 11 is 0. The van der Waals surface area contributed by atoms with E-state index in [1.807, 2.05) is 60.7 Å². The maximum absolute atomic E-state index is 13.2. The smallest absolute Gasteiger partial charge is 0.241 e. The van der Waals surface area contributed by atoms with Crippen LogP contribution in [0.25, 0.3) is 0 Å². The van der Waals surface area contributed by atoms with Crippen molar-refractivity contribution in [3.63, 3.8) is 0 Å². The lowest BCUT2D eigenvalue weighted by Crippen LogP contribution is -2.48. The van der Waals surface area contributed by atoms with E-state index in [1.54, 1.807) is 12.1 Å². The molecule has 0 saturated carbocycles. The Morgan fingerprint density at radius 2 is 1.59 bits per heavy atom. The minimum atomic E-state index is -3.97. The molecular weight excluding hydrogens is 450 g/mol. The molecule has 0 spiro atoms. The molecule has 0 fully saturated rings. The van der Waals surface area contributed by atoms with Gasteiger partial charge in [0.05, 0.1) is 4.90 Å². The molecule has 8 heteroatoms. The molecule has 7 nitrogen and oxygen atoms in total. The van der Waals surface area contributed by atoms with Crippen LogP contribution < -0.4 is 15.4 Å². The summed E-state index contributed by atoms with van der Waals surface area (Å²) in [4.78, 5) is 24.7. The van der Waals surface area contributed by atoms with E-state index in [9.17, 15) is 18.0 Å². The first kappa shape index (κ1) is 23.7. The molecule has 2 amide bonds. The predicted molar refractivity (Wildman–Crippen MR) is 131 cm³/mol. The van der Waals surface area contributed by atoms with Gasteiger partial charge in [-0.3, -0.25) is 9.59 Å². The zero-order valence-electron chi connectivity index (χ0n) is 18.7. The quantitative estimate of drug-likeness (QED) is 0.441. The van der Waals surface area contributed by atoms with Gasteiger partial charge in [0.15, 0.2) is 0 Å². The number of aryl methyl sites for hydroxylation is 1. The van der Waals surface area contributed by atoms with Crippen LogP contribution in [0.4, 0.5) is 5.69 Å². The van der Waals surface area contributed by atoms with E-state index in [4.69, 9.17) is 0 Å². The number of hydrogen-bond acceptors (Lipinski definition) is 4. The van der Waals surface area contributed by atoms with E-state index >= 15 is 0 Å². The Labute approximate surface area is 199 Å². The Kier molecular flexibility index (Phi) is 7.40. The fourth-order valence-corrected chi connectivity index (χ4v) is 5.16. The maximum atomic E-state index is 13.2. The SMILES string of the molecule is O=C1CCc2cc(S(=O)(=O)N[C@@H](Cc3ccccc3)C(=O)NCCc3ccccc3)ccc2N1. The summed E-state index contributed by atoms with van der Waals surface area (Å²) in [6.45, 7) is 0.397. The summed E-state index contributed by atoms with van der Waals surface area (Å²) in [5, 5.41) is 5.62. The number of carbonyl (C=O) groups is 2. The van der Waals surface area contributed by atoms with E-state index in [-0.39, 0.29) is 23.1 Å². The summed E-state index contributed by atoms with van der Waals surface area (Å²) in [6, 6.07) is 22.7. The highest BCUT2D eigenvalue weighted by Crippen LogP contribution is 2.25. The van der Waals surface area contributed by atoms with Crippen LogP contribution in [0, 0.1) is 0 Å². The van der Waals surface area contributed by atoms with Crippen molar-refractivity contribution in [3.05, 3.63) is 95.6 Å². The van der Waals surface area contributed by atoms with Gasteiger partial charge in [0.2, 0.25) is 21.8 Å². The van der Waals surface area contributed by atoms with Gasteiger partial charge in [0.25, 0.3) is 0 Å². The molecule has 1 atom stereocenters. The topological polar surface area (TPSA) is 104 Å². The van der Waals surface area contributed by atoms with Crippen molar-refractivity contribution < 1.29 is 18.0 Å². The third kappa shape index (κ3) is 6.09. The van der Waals surface area contributed by atoms with Crippen LogP contribution in [-0.2, 0) is 38.9 Å². The summed E-state index contributed by atoms with van der Waals surface area (Å²) in [7, 11) is -3.97. The van der Waals surface area contributed by atoms with Crippen LogP contribution in [0.1, 0.15) is 23.1 Å². The minimum absolute atomic E-state index is 0.0672. The van der Waals surface area contributed by atoms with E-state index in [0.717, 1.165) is 16.7 Å². The Bertz CT molecular complexity index is 1260. The van der Waals surface area contributed by atoms with Gasteiger partial charge < -0.3 is 10.6 Å². The molecule has 3 aromatic carbocycles. The molecule has 3 aromatic rings. The molecule has 176 valence electrons. The first-order valence-corrected chi connectivity index (χ1v) is 12.7. The van der Waals surface area contributed by atoms with Gasteiger partial charge in [-0.05, 0) is 54.2 Å². The Balaban J connectivity index is 1.50. The van der Waals surface area contributed by atoms with E-state index in [1.165, 1.54) is 6.07 Å². The standard InChI is InChI=1S/C26H27N3O4S/c30-25-14-11-21-18-22(12-13-23(21)28-25)34(32,33)29-24(17-20-9-5-2-6-10-20)26(31)27-16-15-19-7-3-1-4-8-19/h1-10,12-13,18,24,29H,11,14-17H2,(H,27,31)(H,28,30)/t24-/m0/s1. The van der Waals surface area contributed by atoms with E-state index < -0.39 is 16.1 Å². The molecule has 1 aliphatic heterocycles. The van der Waals surface area contributed by atoms with Crippen LogP contribution in [-0.4, -0.2) is 32.8 Å². The van der Waals surface area contributed by atoms with Gasteiger partial charge in [-0.1, -0.05) is 60.7 Å². The van der Waals surface area contributed by atoms with Crippen LogP contribution >= 0.6 is 0 Å². The molecule has 1 aliphatic rings. The molecule has 1 heterocycles. The number of sulfonamides is 1. The minimum Gasteiger partial charge on any atom is -0.354 e. The van der Waals surface area contributed by atoms with Crippen molar-refractivity contribution in [2.45, 2.75) is 36.6 Å². The highest BCUT2D eigenvalue weighted by Gasteiger charge is 2.27.